The minimum Gasteiger partial charge on any atom is -0.508 e. The van der Waals surface area contributed by atoms with Crippen LogP contribution in [0.3, 0.4) is 0 Å². The Balaban J connectivity index is 1.93. The lowest BCUT2D eigenvalue weighted by atomic mass is 10.0. The number of carbonyl (C=O) groups is 1. The molecule has 2 aromatic rings. The zero-order chi connectivity index (χ0) is 15.2. The van der Waals surface area contributed by atoms with Gasteiger partial charge in [0.15, 0.2) is 0 Å². The highest BCUT2D eigenvalue weighted by molar-refractivity contribution is 5.89. The van der Waals surface area contributed by atoms with Gasteiger partial charge in [-0.25, -0.2) is 4.79 Å². The van der Waals surface area contributed by atoms with E-state index in [2.05, 4.69) is 4.90 Å². The number of rotatable bonds is 6. The van der Waals surface area contributed by atoms with Crippen LogP contribution < -0.4 is 0 Å². The summed E-state index contributed by atoms with van der Waals surface area (Å²) in [6.07, 6.45) is 0.692. The molecule has 0 bridgehead atoms. The van der Waals surface area contributed by atoms with Crippen molar-refractivity contribution < 1.29 is 15.0 Å². The van der Waals surface area contributed by atoms with Gasteiger partial charge in [0.05, 0.1) is 5.56 Å². The SMILES string of the molecule is CN(CCc1ccccc1C(=O)O)Cc1ccc(O)cc1. The highest BCUT2D eigenvalue weighted by Crippen LogP contribution is 2.13. The number of aromatic hydroxyl groups is 1. The average molecular weight is 285 g/mol. The van der Waals surface area contributed by atoms with Crippen molar-refractivity contribution in [2.24, 2.45) is 0 Å². The molecule has 0 radical (unpaired) electrons. The Morgan fingerprint density at radius 1 is 1.10 bits per heavy atom. The Morgan fingerprint density at radius 2 is 1.76 bits per heavy atom. The molecular weight excluding hydrogens is 266 g/mol. The highest BCUT2D eigenvalue weighted by Gasteiger charge is 2.09. The fraction of sp³-hybridized carbons (Fsp3) is 0.235. The van der Waals surface area contributed by atoms with Crippen LogP contribution in [0.1, 0.15) is 21.5 Å². The number of benzene rings is 2. The van der Waals surface area contributed by atoms with Crippen molar-refractivity contribution in [3.63, 3.8) is 0 Å². The van der Waals surface area contributed by atoms with Gasteiger partial charge in [-0.05, 0) is 42.8 Å². The summed E-state index contributed by atoms with van der Waals surface area (Å²) >= 11 is 0. The molecular formula is C17H19NO3. The van der Waals surface area contributed by atoms with Gasteiger partial charge in [-0.1, -0.05) is 30.3 Å². The first kappa shape index (κ1) is 15.1. The molecule has 2 N–H and O–H groups in total. The van der Waals surface area contributed by atoms with Crippen molar-refractivity contribution in [2.45, 2.75) is 13.0 Å². The van der Waals surface area contributed by atoms with E-state index < -0.39 is 5.97 Å². The molecule has 0 amide bonds. The second-order valence-corrected chi connectivity index (χ2v) is 5.12. The number of phenols is 1. The Hall–Kier alpha value is -2.33. The molecule has 0 atom stereocenters. The van der Waals surface area contributed by atoms with Gasteiger partial charge in [0.2, 0.25) is 0 Å². The number of carboxylic acids is 1. The third-order valence-electron chi connectivity index (χ3n) is 3.40. The maximum absolute atomic E-state index is 11.2. The summed E-state index contributed by atoms with van der Waals surface area (Å²) in [4.78, 5) is 13.3. The molecule has 2 rings (SSSR count). The molecule has 0 spiro atoms. The van der Waals surface area contributed by atoms with Gasteiger partial charge in [-0.2, -0.15) is 0 Å². The fourth-order valence-corrected chi connectivity index (χ4v) is 2.25. The Labute approximate surface area is 124 Å². The maximum Gasteiger partial charge on any atom is 0.335 e. The van der Waals surface area contributed by atoms with E-state index in [1.165, 1.54) is 0 Å². The van der Waals surface area contributed by atoms with Gasteiger partial charge >= 0.3 is 5.97 Å². The predicted molar refractivity (Wildman–Crippen MR) is 81.5 cm³/mol. The van der Waals surface area contributed by atoms with Crippen LogP contribution in [0.15, 0.2) is 48.5 Å². The maximum atomic E-state index is 11.2. The van der Waals surface area contributed by atoms with Crippen molar-refractivity contribution in [1.29, 1.82) is 0 Å². The van der Waals surface area contributed by atoms with Crippen molar-refractivity contribution in [3.8, 4) is 5.75 Å². The van der Waals surface area contributed by atoms with E-state index in [9.17, 15) is 9.90 Å². The van der Waals surface area contributed by atoms with Crippen LogP contribution >= 0.6 is 0 Å². The van der Waals surface area contributed by atoms with Gasteiger partial charge in [-0.15, -0.1) is 0 Å². The number of hydrogen-bond donors (Lipinski definition) is 2. The van der Waals surface area contributed by atoms with E-state index in [4.69, 9.17) is 5.11 Å². The van der Waals surface area contributed by atoms with Crippen LogP contribution in [0.4, 0.5) is 0 Å². The van der Waals surface area contributed by atoms with Gasteiger partial charge in [0.25, 0.3) is 0 Å². The monoisotopic (exact) mass is 285 g/mol. The van der Waals surface area contributed by atoms with E-state index in [1.54, 1.807) is 24.3 Å². The zero-order valence-electron chi connectivity index (χ0n) is 12.0. The normalized spacial score (nSPS) is 10.8. The topological polar surface area (TPSA) is 60.8 Å². The van der Waals surface area contributed by atoms with Crippen LogP contribution in [0.2, 0.25) is 0 Å². The lowest BCUT2D eigenvalue weighted by Gasteiger charge is -2.17. The quantitative estimate of drug-likeness (QED) is 0.856. The molecule has 21 heavy (non-hydrogen) atoms. The first-order chi connectivity index (χ1) is 10.1. The van der Waals surface area contributed by atoms with Crippen molar-refractivity contribution >= 4 is 5.97 Å². The molecule has 0 saturated heterocycles. The number of phenolic OH excluding ortho intramolecular Hbond substituents is 1. The molecule has 0 fully saturated rings. The summed E-state index contributed by atoms with van der Waals surface area (Å²) in [5, 5.41) is 18.4. The average Bonchev–Trinajstić information content (AvgIpc) is 2.48. The zero-order valence-corrected chi connectivity index (χ0v) is 12.0. The fourth-order valence-electron chi connectivity index (χ4n) is 2.25. The first-order valence-corrected chi connectivity index (χ1v) is 6.84. The molecule has 0 saturated carbocycles. The van der Waals surface area contributed by atoms with Gasteiger partial charge in [0.1, 0.15) is 5.75 Å². The minimum atomic E-state index is -0.883. The highest BCUT2D eigenvalue weighted by atomic mass is 16.4. The molecule has 0 aromatic heterocycles. The number of likely N-dealkylation sites (N-methyl/N-ethyl adjacent to an activating group) is 1. The molecule has 4 nitrogen and oxygen atoms in total. The van der Waals surface area contributed by atoms with E-state index in [0.717, 1.165) is 24.2 Å². The summed E-state index contributed by atoms with van der Waals surface area (Å²) in [5.41, 5.74) is 2.33. The summed E-state index contributed by atoms with van der Waals surface area (Å²) in [5.74, 6) is -0.622. The number of hydrogen-bond acceptors (Lipinski definition) is 3. The minimum absolute atomic E-state index is 0.261. The summed E-state index contributed by atoms with van der Waals surface area (Å²) in [6, 6.07) is 14.2. The Bertz CT molecular complexity index is 608. The molecule has 2 aromatic carbocycles. The van der Waals surface area contributed by atoms with Crippen LogP contribution in [-0.2, 0) is 13.0 Å². The summed E-state index contributed by atoms with van der Waals surface area (Å²) < 4.78 is 0. The van der Waals surface area contributed by atoms with Crippen LogP contribution in [-0.4, -0.2) is 34.7 Å². The van der Waals surface area contributed by atoms with E-state index in [0.29, 0.717) is 12.0 Å². The Kier molecular flexibility index (Phi) is 4.95. The molecule has 0 aliphatic carbocycles. The molecule has 0 aliphatic heterocycles. The Morgan fingerprint density at radius 3 is 2.43 bits per heavy atom. The lowest BCUT2D eigenvalue weighted by molar-refractivity contribution is 0.0695. The molecule has 4 heteroatoms. The number of carboxylic acid groups (broad SMARTS) is 1. The van der Waals surface area contributed by atoms with Crippen molar-refractivity contribution in [1.82, 2.24) is 4.90 Å². The second kappa shape index (κ2) is 6.90. The van der Waals surface area contributed by atoms with Gasteiger partial charge in [0, 0.05) is 13.1 Å². The van der Waals surface area contributed by atoms with E-state index >= 15 is 0 Å². The smallest absolute Gasteiger partial charge is 0.335 e. The van der Waals surface area contributed by atoms with Crippen LogP contribution in [0.25, 0.3) is 0 Å². The lowest BCUT2D eigenvalue weighted by Crippen LogP contribution is -2.21. The van der Waals surface area contributed by atoms with Crippen LogP contribution in [0.5, 0.6) is 5.75 Å². The number of aromatic carboxylic acids is 1. The molecule has 0 aliphatic rings. The second-order valence-electron chi connectivity index (χ2n) is 5.12. The molecule has 0 heterocycles. The van der Waals surface area contributed by atoms with Crippen molar-refractivity contribution in [2.75, 3.05) is 13.6 Å². The third-order valence-corrected chi connectivity index (χ3v) is 3.40. The molecule has 110 valence electrons. The van der Waals surface area contributed by atoms with E-state index in [1.807, 2.05) is 31.3 Å². The molecule has 0 unspecified atom stereocenters. The summed E-state index contributed by atoms with van der Waals surface area (Å²) in [7, 11) is 2.00. The first-order valence-electron chi connectivity index (χ1n) is 6.84. The van der Waals surface area contributed by atoms with Crippen molar-refractivity contribution in [3.05, 3.63) is 65.2 Å². The van der Waals surface area contributed by atoms with Gasteiger partial charge in [-0.3, -0.25) is 0 Å². The van der Waals surface area contributed by atoms with E-state index in [-0.39, 0.29) is 5.75 Å². The standard InChI is InChI=1S/C17H19NO3/c1-18(12-13-6-8-15(19)9-7-13)11-10-14-4-2-3-5-16(14)17(20)21/h2-9,19H,10-12H2,1H3,(H,20,21). The van der Waals surface area contributed by atoms with Crippen LogP contribution in [0, 0.1) is 0 Å². The predicted octanol–water partition coefficient (Wildman–Crippen LogP) is 2.76. The van der Waals surface area contributed by atoms with Gasteiger partial charge < -0.3 is 15.1 Å². The largest absolute Gasteiger partial charge is 0.508 e. The summed E-state index contributed by atoms with van der Waals surface area (Å²) in [6.45, 7) is 1.53. The number of nitrogens with zero attached hydrogens (tertiary/aromatic N) is 1. The third kappa shape index (κ3) is 4.33.